The molecule has 0 rings (SSSR count). The summed E-state index contributed by atoms with van der Waals surface area (Å²) in [6.45, 7) is 0. The summed E-state index contributed by atoms with van der Waals surface area (Å²) in [7, 11) is 23.0. The molecular weight excluding hydrogens is 121 g/mol. The first-order chi connectivity index (χ1) is 5.41. The molecule has 0 heterocycles. The van der Waals surface area contributed by atoms with Crippen molar-refractivity contribution in [2.24, 2.45) is 0 Å². The van der Waals surface area contributed by atoms with Crippen molar-refractivity contribution >= 4 is 65.1 Å². The van der Waals surface area contributed by atoms with Crippen molar-refractivity contribution < 1.29 is 0 Å². The van der Waals surface area contributed by atoms with E-state index in [1.54, 1.807) is 14.1 Å². The molecule has 11 radical (unpaired) electrons. The lowest BCUT2D eigenvalue weighted by Gasteiger charge is -1.95. The third kappa shape index (κ3) is 10.6. The van der Waals surface area contributed by atoms with E-state index in [0.717, 1.165) is 12.6 Å². The molecule has 0 aromatic heterocycles. The van der Waals surface area contributed by atoms with Crippen LogP contribution in [0.1, 0.15) is 0 Å². The lowest BCUT2D eigenvalue weighted by molar-refractivity contribution is 1.45. The minimum atomic E-state index is 0.993. The van der Waals surface area contributed by atoms with Gasteiger partial charge in [0.15, 0.2) is 0 Å². The fourth-order valence-corrected chi connectivity index (χ4v) is 0.592. The molecule has 0 unspecified atom stereocenters. The summed E-state index contributed by atoms with van der Waals surface area (Å²) in [6, 6.07) is 0. The van der Waals surface area contributed by atoms with Crippen LogP contribution in [0.4, 0.5) is 0 Å². The summed E-state index contributed by atoms with van der Waals surface area (Å²) in [5, 5.41) is 0. The first-order valence-electron chi connectivity index (χ1n) is 3.65. The zero-order chi connectivity index (χ0) is 8.36. The maximum Gasteiger partial charge on any atom is 0.0535 e. The zero-order valence-electron chi connectivity index (χ0n) is 6.61. The highest BCUT2D eigenvalue weighted by atomic mass is 13.5. The van der Waals surface area contributed by atoms with Gasteiger partial charge in [0.2, 0.25) is 0 Å². The third-order valence-electron chi connectivity index (χ3n) is 1.11. The SMILES string of the molecule is [B][B][B][B][B][B]CC[B][B][B]. The van der Waals surface area contributed by atoms with Gasteiger partial charge in [-0.15, -0.1) is 0 Å². The summed E-state index contributed by atoms with van der Waals surface area (Å²) in [6.07, 6.45) is 2.01. The van der Waals surface area contributed by atoms with Crippen molar-refractivity contribution in [1.29, 1.82) is 0 Å². The van der Waals surface area contributed by atoms with Crippen LogP contribution >= 0.6 is 0 Å². The van der Waals surface area contributed by atoms with Gasteiger partial charge >= 0.3 is 0 Å². The molecule has 0 aliphatic heterocycles. The van der Waals surface area contributed by atoms with Crippen molar-refractivity contribution in [3.05, 3.63) is 0 Å². The Labute approximate surface area is 78.2 Å². The maximum absolute atomic E-state index is 5.15. The highest BCUT2D eigenvalue weighted by Crippen LogP contribution is 1.84. The summed E-state index contributed by atoms with van der Waals surface area (Å²) >= 11 is 0. The third-order valence-corrected chi connectivity index (χ3v) is 1.11. The molecule has 9 heteroatoms. The average Bonchev–Trinajstić information content (AvgIpc) is 2.03. The first kappa shape index (κ1) is 11.6. The lowest BCUT2D eigenvalue weighted by Crippen LogP contribution is -2.23. The molecule has 0 fully saturated rings. The summed E-state index contributed by atoms with van der Waals surface area (Å²) in [5.41, 5.74) is 0. The number of rotatable bonds is 8. The van der Waals surface area contributed by atoms with E-state index in [2.05, 4.69) is 7.17 Å². The Morgan fingerprint density at radius 1 is 0.727 bits per heavy atom. The molecule has 11 heavy (non-hydrogen) atoms. The molecule has 0 saturated carbocycles. The first-order valence-corrected chi connectivity index (χ1v) is 3.65. The van der Waals surface area contributed by atoms with Crippen LogP contribution in [0.25, 0.3) is 0 Å². The van der Waals surface area contributed by atoms with Crippen molar-refractivity contribution in [2.75, 3.05) is 0 Å². The molecule has 0 aliphatic carbocycles. The van der Waals surface area contributed by atoms with Crippen LogP contribution in [-0.4, -0.2) is 65.1 Å². The molecule has 0 nitrogen and oxygen atoms in total. The Hall–Kier alpha value is 0.584. The predicted octanol–water partition coefficient (Wildman–Crippen LogP) is -2.51. The van der Waals surface area contributed by atoms with Crippen molar-refractivity contribution in [3.63, 3.8) is 0 Å². The van der Waals surface area contributed by atoms with Gasteiger partial charge in [0, 0.05) is 50.8 Å². The molecule has 0 aromatic rings. The summed E-state index contributed by atoms with van der Waals surface area (Å²) in [4.78, 5) is 0. The van der Waals surface area contributed by atoms with Gasteiger partial charge in [-0.2, -0.15) is 0 Å². The normalized spacial score (nSPS) is 7.64. The van der Waals surface area contributed by atoms with Crippen molar-refractivity contribution in [1.82, 2.24) is 0 Å². The van der Waals surface area contributed by atoms with Gasteiger partial charge in [-0.3, -0.25) is 0 Å². The second-order valence-electron chi connectivity index (χ2n) is 2.01. The van der Waals surface area contributed by atoms with Gasteiger partial charge in [0.25, 0.3) is 0 Å². The largest absolute Gasteiger partial charge is 0.0970 e. The summed E-state index contributed by atoms with van der Waals surface area (Å²) < 4.78 is 0. The van der Waals surface area contributed by atoms with Gasteiger partial charge < -0.3 is 0 Å². The second-order valence-corrected chi connectivity index (χ2v) is 2.01. The van der Waals surface area contributed by atoms with E-state index in [-0.39, 0.29) is 0 Å². The molecule has 0 spiro atoms. The van der Waals surface area contributed by atoms with E-state index < -0.39 is 0 Å². The van der Waals surface area contributed by atoms with Crippen LogP contribution in [0.15, 0.2) is 0 Å². The topological polar surface area (TPSA) is 0 Å². The van der Waals surface area contributed by atoms with Gasteiger partial charge in [0.05, 0.1) is 14.3 Å². The predicted molar refractivity (Wildman–Crippen MR) is 61.4 cm³/mol. The Kier molecular flexibility index (Phi) is 11.1. The van der Waals surface area contributed by atoms with E-state index in [1.165, 1.54) is 7.06 Å². The molecule has 0 aliphatic rings. The molecule has 0 saturated heterocycles. The van der Waals surface area contributed by atoms with Crippen LogP contribution in [0, 0.1) is 0 Å². The number of hydrogen-bond donors (Lipinski definition) is 0. The van der Waals surface area contributed by atoms with E-state index in [1.807, 2.05) is 21.3 Å². The Bertz CT molecular complexity index is 56.6. The van der Waals surface area contributed by atoms with E-state index in [4.69, 9.17) is 15.5 Å². The lowest BCUT2D eigenvalue weighted by atomic mass is 8.98. The van der Waals surface area contributed by atoms with Gasteiger partial charge in [-0.25, -0.2) is 0 Å². The van der Waals surface area contributed by atoms with Crippen LogP contribution in [0.5, 0.6) is 0 Å². The second kappa shape index (κ2) is 10.6. The minimum absolute atomic E-state index is 0.993. The molecule has 0 aromatic carbocycles. The quantitative estimate of drug-likeness (QED) is 0.248. The Morgan fingerprint density at radius 3 is 2.09 bits per heavy atom. The minimum Gasteiger partial charge on any atom is -0.0970 e. The van der Waals surface area contributed by atoms with Gasteiger partial charge in [-0.05, 0) is 0 Å². The summed E-state index contributed by atoms with van der Waals surface area (Å²) in [5.74, 6) is 0. The van der Waals surface area contributed by atoms with Gasteiger partial charge in [0.1, 0.15) is 0 Å². The van der Waals surface area contributed by atoms with Crippen molar-refractivity contribution in [2.45, 2.75) is 12.6 Å². The zero-order valence-corrected chi connectivity index (χ0v) is 6.61. The van der Waals surface area contributed by atoms with E-state index in [0.29, 0.717) is 0 Å². The monoisotopic (exact) mass is 127 g/mol. The number of hydrogen-bond acceptors (Lipinski definition) is 0. The van der Waals surface area contributed by atoms with E-state index >= 15 is 0 Å². The highest BCUT2D eigenvalue weighted by Gasteiger charge is 1.93. The van der Waals surface area contributed by atoms with Crippen LogP contribution in [-0.2, 0) is 0 Å². The molecule has 0 atom stereocenters. The Balaban J connectivity index is 2.69. The smallest absolute Gasteiger partial charge is 0.0535 e. The highest BCUT2D eigenvalue weighted by molar-refractivity contribution is 7.57. The molecular formula is C2H4B9. The standard InChI is InChI=1S/C2H4B9/c3-7-5-1-2-6-9-11-10-8-4/h1-2H2. The molecule has 0 bridgehead atoms. The van der Waals surface area contributed by atoms with Gasteiger partial charge in [-0.1, -0.05) is 12.6 Å². The van der Waals surface area contributed by atoms with Crippen molar-refractivity contribution in [3.8, 4) is 0 Å². The average molecular weight is 125 g/mol. The molecule has 0 N–H and O–H groups in total. The fourth-order valence-electron chi connectivity index (χ4n) is 0.592. The fraction of sp³-hybridized carbons (Fsp3) is 1.00. The maximum atomic E-state index is 5.15. The Morgan fingerprint density at radius 2 is 1.45 bits per heavy atom. The molecule has 39 valence electrons. The van der Waals surface area contributed by atoms with Crippen LogP contribution < -0.4 is 0 Å². The van der Waals surface area contributed by atoms with Crippen LogP contribution in [0.3, 0.4) is 0 Å². The molecule has 0 amide bonds. The van der Waals surface area contributed by atoms with E-state index in [9.17, 15) is 0 Å². The van der Waals surface area contributed by atoms with Crippen LogP contribution in [0.2, 0.25) is 12.6 Å².